The van der Waals surface area contributed by atoms with Crippen LogP contribution in [-0.2, 0) is 13.0 Å². The van der Waals surface area contributed by atoms with Crippen molar-refractivity contribution in [3.05, 3.63) is 71.8 Å². The van der Waals surface area contributed by atoms with E-state index < -0.39 is 0 Å². The molecule has 0 unspecified atom stereocenters. The van der Waals surface area contributed by atoms with E-state index in [4.69, 9.17) is 0 Å². The van der Waals surface area contributed by atoms with Crippen LogP contribution in [-0.4, -0.2) is 6.04 Å². The highest BCUT2D eigenvalue weighted by Gasteiger charge is 2.08. The monoisotopic (exact) mass is 319 g/mol. The second kappa shape index (κ2) is 10.7. The molecule has 0 aromatic heterocycles. The van der Waals surface area contributed by atoms with Crippen molar-refractivity contribution in [2.45, 2.75) is 52.1 Å². The average molecular weight is 319 g/mol. The molecule has 2 aromatic carbocycles. The molecule has 0 fully saturated rings. The van der Waals surface area contributed by atoms with E-state index in [1.807, 2.05) is 0 Å². The van der Waals surface area contributed by atoms with E-state index in [1.54, 1.807) is 0 Å². The van der Waals surface area contributed by atoms with Crippen molar-refractivity contribution in [2.75, 3.05) is 0 Å². The van der Waals surface area contributed by atoms with Crippen LogP contribution in [0.3, 0.4) is 0 Å². The maximum atomic E-state index is 3.68. The summed E-state index contributed by atoms with van der Waals surface area (Å²) < 4.78 is 0. The molecule has 0 amide bonds. The number of hydrogen-bond donors (Lipinski definition) is 1. The number of rotatable bonds is 8. The molecule has 126 valence electrons. The summed E-state index contributed by atoms with van der Waals surface area (Å²) in [5, 5.41) is 3.68. The first-order valence-electron chi connectivity index (χ1n) is 9.01. The molecular formula is C23H29N. The minimum atomic E-state index is 0.388. The van der Waals surface area contributed by atoms with Crippen molar-refractivity contribution >= 4 is 0 Å². The molecule has 0 spiro atoms. The molecule has 0 aliphatic rings. The van der Waals surface area contributed by atoms with Gasteiger partial charge in [0.25, 0.3) is 0 Å². The van der Waals surface area contributed by atoms with Crippen LogP contribution in [0, 0.1) is 17.8 Å². The fraction of sp³-hybridized carbons (Fsp3) is 0.391. The van der Waals surface area contributed by atoms with E-state index >= 15 is 0 Å². The van der Waals surface area contributed by atoms with Gasteiger partial charge in [0.15, 0.2) is 0 Å². The maximum Gasteiger partial charge on any atom is 0.0246 e. The molecule has 1 nitrogen and oxygen atoms in total. The molecule has 0 saturated carbocycles. The topological polar surface area (TPSA) is 12.0 Å². The van der Waals surface area contributed by atoms with Gasteiger partial charge in [0, 0.05) is 25.4 Å². The van der Waals surface area contributed by atoms with E-state index in [-0.39, 0.29) is 0 Å². The molecule has 1 atom stereocenters. The highest BCUT2D eigenvalue weighted by molar-refractivity contribution is 5.18. The van der Waals surface area contributed by atoms with E-state index in [9.17, 15) is 0 Å². The predicted molar refractivity (Wildman–Crippen MR) is 104 cm³/mol. The minimum Gasteiger partial charge on any atom is -0.309 e. The Morgan fingerprint density at radius 3 is 2.08 bits per heavy atom. The Hall–Kier alpha value is -2.04. The summed E-state index contributed by atoms with van der Waals surface area (Å²) in [6, 6.07) is 21.7. The van der Waals surface area contributed by atoms with Crippen molar-refractivity contribution in [1.82, 2.24) is 5.32 Å². The lowest BCUT2D eigenvalue weighted by atomic mass is 10.0. The second-order valence-corrected chi connectivity index (χ2v) is 6.74. The quantitative estimate of drug-likeness (QED) is 0.658. The molecule has 0 radical (unpaired) electrons. The lowest BCUT2D eigenvalue weighted by molar-refractivity contribution is 0.517. The van der Waals surface area contributed by atoms with Gasteiger partial charge in [-0.15, -0.1) is 11.8 Å². The number of hydrogen-bond acceptors (Lipinski definition) is 1. The zero-order valence-electron chi connectivity index (χ0n) is 15.0. The van der Waals surface area contributed by atoms with E-state index in [0.29, 0.717) is 6.04 Å². The normalized spacial score (nSPS) is 11.8. The van der Waals surface area contributed by atoms with Crippen LogP contribution in [0.2, 0.25) is 0 Å². The third kappa shape index (κ3) is 7.49. The third-order valence-electron chi connectivity index (χ3n) is 4.08. The Kier molecular flexibility index (Phi) is 8.15. The summed E-state index contributed by atoms with van der Waals surface area (Å²) in [6.07, 6.45) is 4.12. The highest BCUT2D eigenvalue weighted by atomic mass is 14.9. The molecule has 0 aliphatic carbocycles. The molecule has 0 heterocycles. The first kappa shape index (κ1) is 18.3. The van der Waals surface area contributed by atoms with Gasteiger partial charge in [0.2, 0.25) is 0 Å². The molecule has 2 rings (SSSR count). The lowest BCUT2D eigenvalue weighted by Gasteiger charge is -2.17. The van der Waals surface area contributed by atoms with Crippen LogP contribution in [0.5, 0.6) is 0 Å². The Labute approximate surface area is 147 Å². The van der Waals surface area contributed by atoms with E-state index in [2.05, 4.69) is 91.7 Å². The molecule has 24 heavy (non-hydrogen) atoms. The first-order chi connectivity index (χ1) is 11.7. The highest BCUT2D eigenvalue weighted by Crippen LogP contribution is 2.08. The Morgan fingerprint density at radius 2 is 1.46 bits per heavy atom. The van der Waals surface area contributed by atoms with Crippen LogP contribution < -0.4 is 5.32 Å². The van der Waals surface area contributed by atoms with Crippen molar-refractivity contribution in [3.8, 4) is 11.8 Å². The van der Waals surface area contributed by atoms with Gasteiger partial charge in [-0.3, -0.25) is 0 Å². The van der Waals surface area contributed by atoms with Gasteiger partial charge in [-0.25, -0.2) is 0 Å². The largest absolute Gasteiger partial charge is 0.309 e. The Bertz CT molecular complexity index is 619. The van der Waals surface area contributed by atoms with Crippen LogP contribution in [0.25, 0.3) is 0 Å². The minimum absolute atomic E-state index is 0.388. The van der Waals surface area contributed by atoms with Crippen molar-refractivity contribution in [2.24, 2.45) is 5.92 Å². The summed E-state index contributed by atoms with van der Waals surface area (Å²) in [4.78, 5) is 0. The van der Waals surface area contributed by atoms with Gasteiger partial charge in [-0.2, -0.15) is 0 Å². The van der Waals surface area contributed by atoms with Gasteiger partial charge in [0.1, 0.15) is 0 Å². The molecule has 0 aliphatic heterocycles. The molecule has 0 bridgehead atoms. The van der Waals surface area contributed by atoms with E-state index in [1.165, 1.54) is 17.5 Å². The number of nitrogens with one attached hydrogen (secondary N) is 1. The summed E-state index contributed by atoms with van der Waals surface area (Å²) in [6.45, 7) is 5.40. The van der Waals surface area contributed by atoms with Crippen LogP contribution >= 0.6 is 0 Å². The second-order valence-electron chi connectivity index (χ2n) is 6.74. The molecular weight excluding hydrogens is 290 g/mol. The summed E-state index contributed by atoms with van der Waals surface area (Å²) >= 11 is 0. The fourth-order valence-electron chi connectivity index (χ4n) is 2.62. The van der Waals surface area contributed by atoms with Crippen molar-refractivity contribution in [1.29, 1.82) is 0 Å². The average Bonchev–Trinajstić information content (AvgIpc) is 2.60. The van der Waals surface area contributed by atoms with Gasteiger partial charge >= 0.3 is 0 Å². The molecule has 1 N–H and O–H groups in total. The standard InChI is InChI=1S/C23H29N/c1-20(2)12-6-3-11-17-23(18-21-13-7-4-8-14-21)24-19-22-15-9-5-10-16-22/h4-5,7-10,13-16,20,23-24H,6,12,17-19H2,1-2H3/t23-/m0/s1. The number of benzene rings is 2. The lowest BCUT2D eigenvalue weighted by Crippen LogP contribution is -2.30. The first-order valence-corrected chi connectivity index (χ1v) is 9.01. The van der Waals surface area contributed by atoms with Crippen LogP contribution in [0.4, 0.5) is 0 Å². The third-order valence-corrected chi connectivity index (χ3v) is 4.08. The van der Waals surface area contributed by atoms with Crippen molar-refractivity contribution < 1.29 is 0 Å². The van der Waals surface area contributed by atoms with Gasteiger partial charge in [-0.1, -0.05) is 74.5 Å². The predicted octanol–water partition coefficient (Wildman–Crippen LogP) is 5.22. The fourth-order valence-corrected chi connectivity index (χ4v) is 2.62. The van der Waals surface area contributed by atoms with Gasteiger partial charge < -0.3 is 5.32 Å². The summed E-state index contributed by atoms with van der Waals surface area (Å²) in [7, 11) is 0. The SMILES string of the molecule is CC(C)CCC#CC[C@@H](Cc1ccccc1)NCc1ccccc1. The molecule has 0 saturated heterocycles. The molecule has 1 heteroatoms. The van der Waals surface area contributed by atoms with Crippen molar-refractivity contribution in [3.63, 3.8) is 0 Å². The van der Waals surface area contributed by atoms with Crippen LogP contribution in [0.1, 0.15) is 44.2 Å². The molecule has 2 aromatic rings. The van der Waals surface area contributed by atoms with Gasteiger partial charge in [0.05, 0.1) is 0 Å². The smallest absolute Gasteiger partial charge is 0.0246 e. The zero-order chi connectivity index (χ0) is 17.0. The summed E-state index contributed by atoms with van der Waals surface area (Å²) in [5.41, 5.74) is 2.69. The Balaban J connectivity index is 1.90. The maximum absolute atomic E-state index is 3.68. The Morgan fingerprint density at radius 1 is 0.833 bits per heavy atom. The summed E-state index contributed by atoms with van der Waals surface area (Å²) in [5.74, 6) is 7.46. The van der Waals surface area contributed by atoms with Crippen LogP contribution in [0.15, 0.2) is 60.7 Å². The van der Waals surface area contributed by atoms with Gasteiger partial charge in [-0.05, 0) is 29.9 Å². The zero-order valence-corrected chi connectivity index (χ0v) is 15.0. The van der Waals surface area contributed by atoms with E-state index in [0.717, 1.165) is 31.7 Å².